The minimum atomic E-state index is 0.956. The van der Waals surface area contributed by atoms with Gasteiger partial charge in [-0.3, -0.25) is 0 Å². The highest BCUT2D eigenvalue weighted by Gasteiger charge is 1.94. The fraction of sp³-hybridized carbons (Fsp3) is 0.265. The Labute approximate surface area is 253 Å². The van der Waals surface area contributed by atoms with Gasteiger partial charge < -0.3 is 30.6 Å². The fourth-order valence-corrected chi connectivity index (χ4v) is 4.40. The number of hydrogen-bond donors (Lipinski definition) is 6. The number of nitrogens with one attached hydrogen (secondary N) is 6. The predicted octanol–water partition coefficient (Wildman–Crippen LogP) is 6.83. The summed E-state index contributed by atoms with van der Waals surface area (Å²) < 4.78 is 0. The van der Waals surface area contributed by atoms with E-state index in [1.165, 1.54) is 69.2 Å². The van der Waals surface area contributed by atoms with Gasteiger partial charge in [-0.2, -0.15) is 0 Å². The fourth-order valence-electron chi connectivity index (χ4n) is 4.40. The van der Waals surface area contributed by atoms with E-state index in [1.54, 1.807) is 31.2 Å². The van der Waals surface area contributed by atoms with Gasteiger partial charge in [0, 0.05) is 41.9 Å². The molecule has 0 amide bonds. The molecule has 7 aromatic rings. The summed E-state index contributed by atoms with van der Waals surface area (Å²) in [6.07, 6.45) is 19.4. The maximum atomic E-state index is 4.09. The summed E-state index contributed by atoms with van der Waals surface area (Å²) in [5.41, 5.74) is 4.28. The number of hydrogen-bond acceptors (Lipinski definition) is 5. The molecular formula is C34H43N9. The molecule has 0 radical (unpaired) electrons. The first kappa shape index (κ1) is 31.2. The van der Waals surface area contributed by atoms with Crippen LogP contribution in [-0.4, -0.2) is 61.1 Å². The van der Waals surface area contributed by atoms with Gasteiger partial charge in [-0.25, -0.2) is 15.0 Å². The summed E-state index contributed by atoms with van der Waals surface area (Å²) in [5.74, 6) is 0. The summed E-state index contributed by atoms with van der Waals surface area (Å²) in [6, 6.07) is 24.2. The SMILES string of the molecule is C1CCNC1.C1CCNCC1.c1c[nH]cn1.c1ccc2[nH]ccc2c1.c1ccc2[nH]cnc2c1.c1cnc2[nH]ccc2c1. The van der Waals surface area contributed by atoms with Crippen LogP contribution in [-0.2, 0) is 0 Å². The molecule has 6 N–H and O–H groups in total. The molecule has 2 saturated heterocycles. The van der Waals surface area contributed by atoms with E-state index in [0.29, 0.717) is 0 Å². The van der Waals surface area contributed by atoms with Gasteiger partial charge in [0.15, 0.2) is 0 Å². The van der Waals surface area contributed by atoms with Gasteiger partial charge in [-0.15, -0.1) is 0 Å². The van der Waals surface area contributed by atoms with Crippen molar-refractivity contribution >= 4 is 33.0 Å². The first-order valence-corrected chi connectivity index (χ1v) is 15.0. The van der Waals surface area contributed by atoms with Crippen molar-refractivity contribution in [3.63, 3.8) is 0 Å². The smallest absolute Gasteiger partial charge is 0.137 e. The number of H-pyrrole nitrogens is 4. The number of aromatic nitrogens is 7. The van der Waals surface area contributed by atoms with Gasteiger partial charge in [-0.1, -0.05) is 36.8 Å². The molecule has 2 aromatic carbocycles. The number of fused-ring (bicyclic) bond motifs is 3. The Hall–Kier alpha value is -4.73. The molecule has 0 spiro atoms. The van der Waals surface area contributed by atoms with Crippen molar-refractivity contribution in [2.24, 2.45) is 0 Å². The van der Waals surface area contributed by atoms with Gasteiger partial charge in [0.2, 0.25) is 0 Å². The highest BCUT2D eigenvalue weighted by Crippen LogP contribution is 2.09. The van der Waals surface area contributed by atoms with Gasteiger partial charge in [0.05, 0.1) is 23.7 Å². The molecule has 5 aromatic heterocycles. The monoisotopic (exact) mass is 577 g/mol. The van der Waals surface area contributed by atoms with Gasteiger partial charge in [-0.05, 0) is 99.7 Å². The van der Waals surface area contributed by atoms with Crippen molar-refractivity contribution in [3.05, 3.63) is 116 Å². The molecule has 7 heterocycles. The number of nitrogens with zero attached hydrogens (tertiary/aromatic N) is 3. The lowest BCUT2D eigenvalue weighted by molar-refractivity contribution is 0.520. The van der Waals surface area contributed by atoms with E-state index in [0.717, 1.165) is 22.1 Å². The summed E-state index contributed by atoms with van der Waals surface area (Å²) >= 11 is 0. The highest BCUT2D eigenvalue weighted by molar-refractivity contribution is 5.78. The molecule has 9 heteroatoms. The van der Waals surface area contributed by atoms with Crippen LogP contribution < -0.4 is 10.6 Å². The second-order valence-corrected chi connectivity index (χ2v) is 9.93. The van der Waals surface area contributed by atoms with E-state index in [-0.39, 0.29) is 0 Å². The Balaban J connectivity index is 0.000000120. The van der Waals surface area contributed by atoms with Crippen LogP contribution in [0, 0.1) is 0 Å². The Morgan fingerprint density at radius 1 is 0.488 bits per heavy atom. The number of para-hydroxylation sites is 3. The van der Waals surface area contributed by atoms with Crippen LogP contribution in [0.4, 0.5) is 0 Å². The van der Waals surface area contributed by atoms with Crippen LogP contribution in [0.25, 0.3) is 33.0 Å². The third kappa shape index (κ3) is 12.0. The molecule has 0 bridgehead atoms. The Morgan fingerprint density at radius 3 is 1.77 bits per heavy atom. The van der Waals surface area contributed by atoms with E-state index in [1.807, 2.05) is 67.0 Å². The summed E-state index contributed by atoms with van der Waals surface area (Å²) in [7, 11) is 0. The molecule has 0 saturated carbocycles. The molecule has 0 unspecified atom stereocenters. The Bertz CT molecular complexity index is 1340. The van der Waals surface area contributed by atoms with E-state index >= 15 is 0 Å². The lowest BCUT2D eigenvalue weighted by Gasteiger charge is -2.08. The number of aromatic amines is 4. The van der Waals surface area contributed by atoms with Crippen molar-refractivity contribution in [3.8, 4) is 0 Å². The Morgan fingerprint density at radius 2 is 1.16 bits per heavy atom. The van der Waals surface area contributed by atoms with Crippen LogP contribution in [0.15, 0.2) is 116 Å². The quantitative estimate of drug-likeness (QED) is 0.118. The molecule has 2 fully saturated rings. The molecule has 43 heavy (non-hydrogen) atoms. The molecular weight excluding hydrogens is 534 g/mol. The van der Waals surface area contributed by atoms with Crippen molar-refractivity contribution in [2.45, 2.75) is 32.1 Å². The largest absolute Gasteiger partial charge is 0.361 e. The van der Waals surface area contributed by atoms with E-state index in [9.17, 15) is 0 Å². The van der Waals surface area contributed by atoms with Crippen LogP contribution in [0.5, 0.6) is 0 Å². The second-order valence-electron chi connectivity index (χ2n) is 9.93. The highest BCUT2D eigenvalue weighted by atomic mass is 14.9. The van der Waals surface area contributed by atoms with Crippen LogP contribution in [0.1, 0.15) is 32.1 Å². The predicted molar refractivity (Wildman–Crippen MR) is 178 cm³/mol. The van der Waals surface area contributed by atoms with E-state index < -0.39 is 0 Å². The lowest BCUT2D eigenvalue weighted by atomic mass is 10.2. The number of rotatable bonds is 0. The molecule has 0 aliphatic carbocycles. The van der Waals surface area contributed by atoms with Gasteiger partial charge >= 0.3 is 0 Å². The third-order valence-electron chi connectivity index (χ3n) is 6.68. The average Bonchev–Trinajstić information content (AvgIpc) is 3.92. The molecule has 2 aliphatic rings. The van der Waals surface area contributed by atoms with E-state index in [2.05, 4.69) is 63.7 Å². The molecule has 9 rings (SSSR count). The first-order valence-electron chi connectivity index (χ1n) is 15.0. The normalized spacial score (nSPS) is 13.5. The number of piperidine rings is 1. The molecule has 9 nitrogen and oxygen atoms in total. The standard InChI is InChI=1S/C8H7N.2C7H6N2.C5H11N.C4H9N.C3H4N2/c1-2-4-8-7(3-1)5-6-9-8;1-2-6-3-5-9-7(6)8-4-1;1-2-4-7-6(3-1)8-5-9-7;1-2-4-6-5-3-1;1-2-4-5-3-1;1-2-5-3-4-1/h1-6,9H;2*1-5H,(H,8,9);6H,1-5H2;5H,1-4H2;1-3H,(H,4,5). The van der Waals surface area contributed by atoms with Crippen molar-refractivity contribution in [1.82, 2.24) is 45.5 Å². The molecule has 0 atom stereocenters. The minimum Gasteiger partial charge on any atom is -0.361 e. The topological polar surface area (TPSA) is 126 Å². The Kier molecular flexibility index (Phi) is 14.1. The maximum absolute atomic E-state index is 4.09. The summed E-state index contributed by atoms with van der Waals surface area (Å²) in [4.78, 5) is 23.7. The number of imidazole rings is 2. The number of benzene rings is 2. The van der Waals surface area contributed by atoms with Gasteiger partial charge in [0.1, 0.15) is 5.65 Å². The first-order chi connectivity index (χ1) is 21.4. The summed E-state index contributed by atoms with van der Waals surface area (Å²) in [6.45, 7) is 5.00. The number of pyridine rings is 1. The van der Waals surface area contributed by atoms with Crippen LogP contribution >= 0.6 is 0 Å². The molecule has 224 valence electrons. The average molecular weight is 578 g/mol. The van der Waals surface area contributed by atoms with Crippen molar-refractivity contribution in [2.75, 3.05) is 26.2 Å². The van der Waals surface area contributed by atoms with Crippen LogP contribution in [0.2, 0.25) is 0 Å². The maximum Gasteiger partial charge on any atom is 0.137 e. The minimum absolute atomic E-state index is 0.956. The lowest BCUT2D eigenvalue weighted by Crippen LogP contribution is -2.21. The zero-order valence-corrected chi connectivity index (χ0v) is 24.7. The zero-order valence-electron chi connectivity index (χ0n) is 24.7. The van der Waals surface area contributed by atoms with E-state index in [4.69, 9.17) is 0 Å². The van der Waals surface area contributed by atoms with Crippen molar-refractivity contribution in [1.29, 1.82) is 0 Å². The van der Waals surface area contributed by atoms with Crippen LogP contribution in [0.3, 0.4) is 0 Å². The van der Waals surface area contributed by atoms with Gasteiger partial charge in [0.25, 0.3) is 0 Å². The molecule has 2 aliphatic heterocycles. The second kappa shape index (κ2) is 19.4. The zero-order chi connectivity index (χ0) is 29.6. The van der Waals surface area contributed by atoms with Crippen molar-refractivity contribution < 1.29 is 0 Å². The third-order valence-corrected chi connectivity index (χ3v) is 6.68. The summed E-state index contributed by atoms with van der Waals surface area (Å²) in [5, 5.41) is 8.95.